The highest BCUT2D eigenvalue weighted by Crippen LogP contribution is 2.11. The number of thioether (sulfide) groups is 1. The van der Waals surface area contributed by atoms with Crippen molar-refractivity contribution in [2.45, 2.75) is 58.3 Å². The summed E-state index contributed by atoms with van der Waals surface area (Å²) in [6.45, 7) is 2.24. The first-order valence-corrected chi connectivity index (χ1v) is 7.61. The average Bonchev–Trinajstić information content (AvgIpc) is 2.31. The molecule has 2 nitrogen and oxygen atoms in total. The van der Waals surface area contributed by atoms with Crippen molar-refractivity contribution in [2.75, 3.05) is 18.6 Å². The normalized spacial score (nSPS) is 10.4. The molecule has 0 bridgehead atoms. The summed E-state index contributed by atoms with van der Waals surface area (Å²) in [5, 5.41) is 0. The van der Waals surface area contributed by atoms with Crippen LogP contribution in [0.1, 0.15) is 58.3 Å². The minimum absolute atomic E-state index is 0.0740. The van der Waals surface area contributed by atoms with Gasteiger partial charge in [0.05, 0.1) is 7.11 Å². The summed E-state index contributed by atoms with van der Waals surface area (Å²) in [7, 11) is 1.45. The largest absolute Gasteiger partial charge is 0.469 e. The number of methoxy groups -OCH3 is 1. The Morgan fingerprint density at radius 1 is 1.00 bits per heavy atom. The monoisotopic (exact) mass is 246 g/mol. The second kappa shape index (κ2) is 12.9. The van der Waals surface area contributed by atoms with Crippen LogP contribution in [0.5, 0.6) is 0 Å². The molecule has 0 saturated carbocycles. The number of hydrogen-bond donors (Lipinski definition) is 0. The van der Waals surface area contributed by atoms with E-state index in [0.717, 1.165) is 12.8 Å². The fourth-order valence-electron chi connectivity index (χ4n) is 1.45. The third-order valence-electron chi connectivity index (χ3n) is 2.54. The standard InChI is InChI=1S/C13H26O2S/c1-3-4-11-16-12-9-7-5-6-8-10-13(14)15-2/h3-12H2,1-2H3. The van der Waals surface area contributed by atoms with E-state index in [4.69, 9.17) is 0 Å². The Hall–Kier alpha value is -0.180. The molecule has 0 aliphatic heterocycles. The number of ether oxygens (including phenoxy) is 1. The molecule has 0 aromatic heterocycles. The molecule has 0 aromatic carbocycles. The lowest BCUT2D eigenvalue weighted by molar-refractivity contribution is -0.140. The fourth-order valence-corrected chi connectivity index (χ4v) is 2.56. The Kier molecular flexibility index (Phi) is 12.7. The van der Waals surface area contributed by atoms with Crippen LogP contribution in [0.25, 0.3) is 0 Å². The van der Waals surface area contributed by atoms with E-state index in [-0.39, 0.29) is 5.97 Å². The van der Waals surface area contributed by atoms with Crippen LogP contribution in [0.3, 0.4) is 0 Å². The van der Waals surface area contributed by atoms with Crippen molar-refractivity contribution < 1.29 is 9.53 Å². The average molecular weight is 246 g/mol. The maximum Gasteiger partial charge on any atom is 0.305 e. The second-order valence-corrected chi connectivity index (χ2v) is 5.28. The Bertz CT molecular complexity index is 160. The van der Waals surface area contributed by atoms with Gasteiger partial charge in [0.25, 0.3) is 0 Å². The number of rotatable bonds is 11. The van der Waals surface area contributed by atoms with E-state index < -0.39 is 0 Å². The molecule has 0 aliphatic rings. The quantitative estimate of drug-likeness (QED) is 0.406. The van der Waals surface area contributed by atoms with Crippen LogP contribution in [0.2, 0.25) is 0 Å². The van der Waals surface area contributed by atoms with E-state index in [1.807, 2.05) is 0 Å². The summed E-state index contributed by atoms with van der Waals surface area (Å²) in [4.78, 5) is 10.8. The third kappa shape index (κ3) is 11.9. The lowest BCUT2D eigenvalue weighted by Gasteiger charge is -2.02. The van der Waals surface area contributed by atoms with Gasteiger partial charge in [-0.15, -0.1) is 0 Å². The first-order chi connectivity index (χ1) is 7.81. The van der Waals surface area contributed by atoms with Crippen LogP contribution in [0.4, 0.5) is 0 Å². The van der Waals surface area contributed by atoms with Gasteiger partial charge >= 0.3 is 5.97 Å². The molecule has 96 valence electrons. The molecule has 0 N–H and O–H groups in total. The van der Waals surface area contributed by atoms with Crippen molar-refractivity contribution in [1.29, 1.82) is 0 Å². The van der Waals surface area contributed by atoms with Crippen LogP contribution in [-0.2, 0) is 9.53 Å². The first kappa shape index (κ1) is 15.8. The molecule has 0 aromatic rings. The van der Waals surface area contributed by atoms with E-state index >= 15 is 0 Å². The van der Waals surface area contributed by atoms with Crippen molar-refractivity contribution in [1.82, 2.24) is 0 Å². The molecule has 0 rings (SSSR count). The molecule has 0 radical (unpaired) electrons. The topological polar surface area (TPSA) is 26.3 Å². The zero-order valence-electron chi connectivity index (χ0n) is 10.8. The van der Waals surface area contributed by atoms with Crippen molar-refractivity contribution in [3.8, 4) is 0 Å². The molecule has 0 unspecified atom stereocenters. The Labute approximate surface area is 105 Å². The van der Waals surface area contributed by atoms with Crippen LogP contribution in [0, 0.1) is 0 Å². The summed E-state index contributed by atoms with van der Waals surface area (Å²) in [6.07, 6.45) is 9.27. The predicted molar refractivity (Wildman–Crippen MR) is 72.0 cm³/mol. The Morgan fingerprint density at radius 3 is 2.31 bits per heavy atom. The molecule has 0 heterocycles. The van der Waals surface area contributed by atoms with Crippen molar-refractivity contribution >= 4 is 17.7 Å². The molecule has 0 spiro atoms. The predicted octanol–water partition coefficient (Wildman–Crippen LogP) is 4.03. The first-order valence-electron chi connectivity index (χ1n) is 6.45. The highest BCUT2D eigenvalue weighted by atomic mass is 32.2. The highest BCUT2D eigenvalue weighted by molar-refractivity contribution is 7.99. The van der Waals surface area contributed by atoms with Gasteiger partial charge < -0.3 is 4.74 Å². The summed E-state index contributed by atoms with van der Waals surface area (Å²) < 4.78 is 4.59. The number of esters is 1. The van der Waals surface area contributed by atoms with Gasteiger partial charge in [0.2, 0.25) is 0 Å². The smallest absolute Gasteiger partial charge is 0.305 e. The maximum atomic E-state index is 10.8. The highest BCUT2D eigenvalue weighted by Gasteiger charge is 1.98. The van der Waals surface area contributed by atoms with Gasteiger partial charge in [0, 0.05) is 6.42 Å². The minimum atomic E-state index is -0.0740. The van der Waals surface area contributed by atoms with Crippen LogP contribution < -0.4 is 0 Å². The van der Waals surface area contributed by atoms with Gasteiger partial charge in [0.15, 0.2) is 0 Å². The Balaban J connectivity index is 2.96. The number of carbonyl (C=O) groups is 1. The van der Waals surface area contributed by atoms with Gasteiger partial charge in [-0.1, -0.05) is 32.6 Å². The maximum absolute atomic E-state index is 10.8. The molecular formula is C13H26O2S. The zero-order chi connectivity index (χ0) is 12.1. The van der Waals surface area contributed by atoms with Gasteiger partial charge in [-0.05, 0) is 30.8 Å². The lowest BCUT2D eigenvalue weighted by atomic mass is 10.1. The van der Waals surface area contributed by atoms with Gasteiger partial charge in [-0.2, -0.15) is 11.8 Å². The van der Waals surface area contributed by atoms with E-state index in [9.17, 15) is 4.79 Å². The number of unbranched alkanes of at least 4 members (excludes halogenated alkanes) is 5. The third-order valence-corrected chi connectivity index (χ3v) is 3.69. The molecule has 0 fully saturated rings. The Morgan fingerprint density at radius 2 is 1.62 bits per heavy atom. The van der Waals surface area contributed by atoms with E-state index in [2.05, 4.69) is 23.4 Å². The summed E-state index contributed by atoms with van der Waals surface area (Å²) in [5.41, 5.74) is 0. The van der Waals surface area contributed by atoms with E-state index in [1.54, 1.807) is 0 Å². The lowest BCUT2D eigenvalue weighted by Crippen LogP contribution is -1.99. The molecule has 0 aliphatic carbocycles. The van der Waals surface area contributed by atoms with E-state index in [0.29, 0.717) is 6.42 Å². The minimum Gasteiger partial charge on any atom is -0.469 e. The summed E-state index contributed by atoms with van der Waals surface area (Å²) in [6, 6.07) is 0. The van der Waals surface area contributed by atoms with Gasteiger partial charge in [-0.25, -0.2) is 0 Å². The fraction of sp³-hybridized carbons (Fsp3) is 0.923. The molecule has 16 heavy (non-hydrogen) atoms. The molecule has 3 heteroatoms. The van der Waals surface area contributed by atoms with Crippen LogP contribution >= 0.6 is 11.8 Å². The molecule has 0 saturated heterocycles. The number of carbonyl (C=O) groups excluding carboxylic acids is 1. The molecular weight excluding hydrogens is 220 g/mol. The van der Waals surface area contributed by atoms with Crippen molar-refractivity contribution in [2.24, 2.45) is 0 Å². The van der Waals surface area contributed by atoms with Gasteiger partial charge in [-0.3, -0.25) is 4.79 Å². The van der Waals surface area contributed by atoms with Crippen LogP contribution in [0.15, 0.2) is 0 Å². The summed E-state index contributed by atoms with van der Waals surface area (Å²) >= 11 is 2.08. The van der Waals surface area contributed by atoms with Gasteiger partial charge in [0.1, 0.15) is 0 Å². The van der Waals surface area contributed by atoms with Crippen molar-refractivity contribution in [3.05, 3.63) is 0 Å². The van der Waals surface area contributed by atoms with E-state index in [1.165, 1.54) is 50.7 Å². The SMILES string of the molecule is CCCCSCCCCCCCC(=O)OC. The van der Waals surface area contributed by atoms with Crippen LogP contribution in [-0.4, -0.2) is 24.6 Å². The molecule has 0 amide bonds. The molecule has 0 atom stereocenters. The summed E-state index contributed by atoms with van der Waals surface area (Å²) in [5.74, 6) is 2.55. The van der Waals surface area contributed by atoms with Crippen molar-refractivity contribution in [3.63, 3.8) is 0 Å². The zero-order valence-corrected chi connectivity index (χ0v) is 11.6. The number of hydrogen-bond acceptors (Lipinski definition) is 3. The second-order valence-electron chi connectivity index (χ2n) is 4.06.